The molecule has 0 amide bonds. The summed E-state index contributed by atoms with van der Waals surface area (Å²) in [6, 6.07) is 15.5. The molecule has 2 aromatic carbocycles. The van der Waals surface area contributed by atoms with Crippen molar-refractivity contribution in [2.45, 2.75) is 43.0 Å². The van der Waals surface area contributed by atoms with Gasteiger partial charge in [0, 0.05) is 5.75 Å². The number of hydrogen-bond donors (Lipinski definition) is 0. The minimum absolute atomic E-state index is 0.403. The molecule has 8 heteroatoms. The Morgan fingerprint density at radius 2 is 1.60 bits per heavy atom. The first-order chi connectivity index (χ1) is 14.5. The van der Waals surface area contributed by atoms with Gasteiger partial charge >= 0.3 is 6.18 Å². The molecule has 158 valence electrons. The molecule has 0 atom stereocenters. The van der Waals surface area contributed by atoms with Crippen molar-refractivity contribution in [3.05, 3.63) is 77.1 Å². The molecule has 1 aliphatic rings. The summed E-state index contributed by atoms with van der Waals surface area (Å²) >= 11 is 1.42. The van der Waals surface area contributed by atoms with Crippen LogP contribution in [0.15, 0.2) is 59.8 Å². The van der Waals surface area contributed by atoms with E-state index in [1.54, 1.807) is 6.07 Å². The van der Waals surface area contributed by atoms with Gasteiger partial charge in [-0.2, -0.15) is 13.2 Å². The van der Waals surface area contributed by atoms with Gasteiger partial charge in [0.1, 0.15) is 5.82 Å². The number of likely N-dealkylation sites (tertiary alicyclic amines) is 1. The Bertz CT molecular complexity index is 966. The number of aromatic nitrogens is 3. The summed E-state index contributed by atoms with van der Waals surface area (Å²) in [5.74, 6) is 1.30. The zero-order valence-electron chi connectivity index (χ0n) is 16.5. The van der Waals surface area contributed by atoms with Crippen LogP contribution < -0.4 is 0 Å². The molecule has 0 aliphatic carbocycles. The van der Waals surface area contributed by atoms with Gasteiger partial charge in [-0.3, -0.25) is 4.90 Å². The number of halogens is 3. The molecule has 4 nitrogen and oxygen atoms in total. The molecule has 0 bridgehead atoms. The van der Waals surface area contributed by atoms with Crippen LogP contribution in [0.25, 0.3) is 0 Å². The van der Waals surface area contributed by atoms with Crippen molar-refractivity contribution in [3.8, 4) is 0 Å². The molecule has 0 spiro atoms. The van der Waals surface area contributed by atoms with E-state index in [0.717, 1.165) is 42.2 Å². The molecule has 0 N–H and O–H groups in total. The maximum atomic E-state index is 13.0. The highest BCUT2D eigenvalue weighted by atomic mass is 32.2. The summed E-state index contributed by atoms with van der Waals surface area (Å²) in [5.41, 5.74) is 1.13. The van der Waals surface area contributed by atoms with Crippen LogP contribution >= 0.6 is 11.8 Å². The molecule has 2 heterocycles. The topological polar surface area (TPSA) is 34.0 Å². The largest absolute Gasteiger partial charge is 0.416 e. The first kappa shape index (κ1) is 20.9. The first-order valence-corrected chi connectivity index (χ1v) is 10.9. The Balaban J connectivity index is 1.54. The van der Waals surface area contributed by atoms with E-state index in [2.05, 4.69) is 31.8 Å². The van der Waals surface area contributed by atoms with Gasteiger partial charge in [0.15, 0.2) is 5.16 Å². The van der Waals surface area contributed by atoms with Gasteiger partial charge in [0.05, 0.1) is 18.7 Å². The van der Waals surface area contributed by atoms with Crippen LogP contribution in [0.3, 0.4) is 0 Å². The van der Waals surface area contributed by atoms with Crippen LogP contribution in [0.1, 0.15) is 35.4 Å². The lowest BCUT2D eigenvalue weighted by Crippen LogP contribution is -2.21. The van der Waals surface area contributed by atoms with Crippen LogP contribution in [0.4, 0.5) is 13.2 Å². The normalized spacial score (nSPS) is 15.0. The zero-order chi connectivity index (χ0) is 21.0. The third kappa shape index (κ3) is 5.23. The molecule has 3 aromatic rings. The Morgan fingerprint density at radius 3 is 2.33 bits per heavy atom. The van der Waals surface area contributed by atoms with Crippen molar-refractivity contribution < 1.29 is 13.2 Å². The fraction of sp³-hybridized carbons (Fsp3) is 0.364. The molecule has 1 fully saturated rings. The SMILES string of the molecule is FC(F)(F)c1cccc(CSc2nnc(CN3CCCC3)n2Cc2ccccc2)c1. The minimum Gasteiger partial charge on any atom is -0.300 e. The van der Waals surface area contributed by atoms with E-state index in [0.29, 0.717) is 17.9 Å². The number of nitrogens with zero attached hydrogens (tertiary/aromatic N) is 4. The van der Waals surface area contributed by atoms with Gasteiger partial charge < -0.3 is 4.57 Å². The van der Waals surface area contributed by atoms with Crippen LogP contribution in [0.5, 0.6) is 0 Å². The second-order valence-corrected chi connectivity index (χ2v) is 8.38. The predicted octanol–water partition coefficient (Wildman–Crippen LogP) is 5.23. The molecule has 0 unspecified atom stereocenters. The van der Waals surface area contributed by atoms with E-state index in [1.165, 1.54) is 36.7 Å². The van der Waals surface area contributed by atoms with Crippen molar-refractivity contribution in [1.82, 2.24) is 19.7 Å². The Labute approximate surface area is 178 Å². The number of rotatable bonds is 7. The van der Waals surface area contributed by atoms with E-state index < -0.39 is 11.7 Å². The van der Waals surface area contributed by atoms with Gasteiger partial charge in [0.2, 0.25) is 0 Å². The van der Waals surface area contributed by atoms with Crippen molar-refractivity contribution >= 4 is 11.8 Å². The lowest BCUT2D eigenvalue weighted by atomic mass is 10.1. The molecule has 0 radical (unpaired) electrons. The fourth-order valence-electron chi connectivity index (χ4n) is 3.59. The zero-order valence-corrected chi connectivity index (χ0v) is 17.3. The van der Waals surface area contributed by atoms with Gasteiger partial charge in [-0.05, 0) is 43.1 Å². The third-order valence-electron chi connectivity index (χ3n) is 5.16. The van der Waals surface area contributed by atoms with E-state index in [1.807, 2.05) is 18.2 Å². The summed E-state index contributed by atoms with van der Waals surface area (Å²) in [7, 11) is 0. The average Bonchev–Trinajstić information content (AvgIpc) is 3.38. The summed E-state index contributed by atoms with van der Waals surface area (Å²) in [6.45, 7) is 3.50. The van der Waals surface area contributed by atoms with Crippen LogP contribution in [0.2, 0.25) is 0 Å². The predicted molar refractivity (Wildman–Crippen MR) is 111 cm³/mol. The molecular weight excluding hydrogens is 409 g/mol. The van der Waals surface area contributed by atoms with Gasteiger partial charge in [-0.25, -0.2) is 0 Å². The van der Waals surface area contributed by atoms with Crippen LogP contribution in [0, 0.1) is 0 Å². The van der Waals surface area contributed by atoms with Gasteiger partial charge in [-0.1, -0.05) is 60.3 Å². The van der Waals surface area contributed by atoms with Gasteiger partial charge in [0.25, 0.3) is 0 Å². The summed E-state index contributed by atoms with van der Waals surface area (Å²) in [6.07, 6.45) is -1.94. The van der Waals surface area contributed by atoms with Crippen molar-refractivity contribution in [2.75, 3.05) is 13.1 Å². The number of benzene rings is 2. The quantitative estimate of drug-likeness (QED) is 0.479. The van der Waals surface area contributed by atoms with Gasteiger partial charge in [-0.15, -0.1) is 10.2 Å². The highest BCUT2D eigenvalue weighted by Gasteiger charge is 2.30. The molecule has 1 saturated heterocycles. The summed E-state index contributed by atoms with van der Waals surface area (Å²) in [5, 5.41) is 9.51. The highest BCUT2D eigenvalue weighted by Crippen LogP contribution is 2.31. The Hall–Kier alpha value is -2.32. The Morgan fingerprint density at radius 1 is 0.867 bits per heavy atom. The second-order valence-electron chi connectivity index (χ2n) is 7.44. The monoisotopic (exact) mass is 432 g/mol. The molecule has 30 heavy (non-hydrogen) atoms. The van der Waals surface area contributed by atoms with Crippen LogP contribution in [-0.4, -0.2) is 32.8 Å². The second kappa shape index (κ2) is 9.22. The maximum absolute atomic E-state index is 13.0. The maximum Gasteiger partial charge on any atom is 0.416 e. The van der Waals surface area contributed by atoms with E-state index >= 15 is 0 Å². The number of hydrogen-bond acceptors (Lipinski definition) is 4. The average molecular weight is 433 g/mol. The lowest BCUT2D eigenvalue weighted by Gasteiger charge is -2.16. The summed E-state index contributed by atoms with van der Waals surface area (Å²) in [4.78, 5) is 2.37. The Kier molecular flexibility index (Phi) is 6.43. The van der Waals surface area contributed by atoms with Crippen molar-refractivity contribution in [2.24, 2.45) is 0 Å². The standard InChI is InChI=1S/C22H23F3N4S/c23-22(24,25)19-10-6-9-18(13-19)16-30-21-27-26-20(15-28-11-4-5-12-28)29(21)14-17-7-2-1-3-8-17/h1-3,6-10,13H,4-5,11-12,14-16H2. The lowest BCUT2D eigenvalue weighted by molar-refractivity contribution is -0.137. The molecule has 4 rings (SSSR count). The van der Waals surface area contributed by atoms with E-state index in [-0.39, 0.29) is 0 Å². The molecular formula is C22H23F3N4S. The first-order valence-electron chi connectivity index (χ1n) is 9.96. The summed E-state index contributed by atoms with van der Waals surface area (Å²) < 4.78 is 41.1. The third-order valence-corrected chi connectivity index (χ3v) is 6.20. The van der Waals surface area contributed by atoms with E-state index in [4.69, 9.17) is 0 Å². The van der Waals surface area contributed by atoms with Crippen molar-refractivity contribution in [3.63, 3.8) is 0 Å². The minimum atomic E-state index is -4.34. The fourth-order valence-corrected chi connectivity index (χ4v) is 4.49. The molecule has 0 saturated carbocycles. The molecule has 1 aliphatic heterocycles. The van der Waals surface area contributed by atoms with Crippen LogP contribution in [-0.2, 0) is 25.0 Å². The van der Waals surface area contributed by atoms with Crippen molar-refractivity contribution in [1.29, 1.82) is 0 Å². The number of thioether (sulfide) groups is 1. The molecule has 1 aromatic heterocycles. The smallest absolute Gasteiger partial charge is 0.300 e. The number of alkyl halides is 3. The highest BCUT2D eigenvalue weighted by molar-refractivity contribution is 7.98. The van der Waals surface area contributed by atoms with E-state index in [9.17, 15) is 13.2 Å².